The molecule has 0 fully saturated rings. The number of carbonyl (C=O) groups is 3. The number of nitrogens with one attached hydrogen (secondary N) is 1. The first-order valence-corrected chi connectivity index (χ1v) is 15.1. The Hall–Kier alpha value is -1.86. The molecule has 0 aromatic rings. The van der Waals surface area contributed by atoms with E-state index >= 15 is 0 Å². The highest BCUT2D eigenvalue weighted by molar-refractivity contribution is 7.99. The molecule has 0 rings (SSSR count). The topological polar surface area (TPSA) is 98.5 Å². The minimum atomic E-state index is -0.678. The smallest absolute Gasteiger partial charge is 0.307 e. The third-order valence-corrected chi connectivity index (χ3v) is 7.31. The van der Waals surface area contributed by atoms with E-state index in [1.165, 1.54) is 16.7 Å². The van der Waals surface area contributed by atoms with E-state index in [1.807, 2.05) is 13.8 Å². The summed E-state index contributed by atoms with van der Waals surface area (Å²) < 4.78 is 5.43. The van der Waals surface area contributed by atoms with Gasteiger partial charge >= 0.3 is 5.97 Å². The normalized spacial score (nSPS) is 14.9. The van der Waals surface area contributed by atoms with Crippen LogP contribution in [0.2, 0.25) is 0 Å². The quantitative estimate of drug-likeness (QED) is 0.114. The van der Waals surface area contributed by atoms with Crippen LogP contribution in [-0.4, -0.2) is 47.4 Å². The number of nitrogens with two attached hydrogens (primary N) is 1. The van der Waals surface area contributed by atoms with Gasteiger partial charge in [-0.3, -0.25) is 14.4 Å². The van der Waals surface area contributed by atoms with Crippen molar-refractivity contribution in [1.82, 2.24) is 5.32 Å². The maximum Gasteiger partial charge on any atom is 0.307 e. The molecule has 0 heterocycles. The second-order valence-corrected chi connectivity index (χ2v) is 12.6. The third-order valence-electron chi connectivity index (χ3n) is 6.34. The van der Waals surface area contributed by atoms with Gasteiger partial charge in [0.05, 0.1) is 24.9 Å². The van der Waals surface area contributed by atoms with E-state index < -0.39 is 23.5 Å². The summed E-state index contributed by atoms with van der Waals surface area (Å²) in [5, 5.41) is 2.88. The zero-order chi connectivity index (χ0) is 29.3. The lowest BCUT2D eigenvalue weighted by Gasteiger charge is -2.26. The van der Waals surface area contributed by atoms with Gasteiger partial charge in [-0.25, -0.2) is 0 Å². The standard InChI is InChI=1S/C31H54N2O4S/c1-10-25(6)26(19-29(35)37-31(7,8)9)30(36)33-27(28(34)20-32)21-38-18-17-24(5)16-12-15-23(4)14-11-13-22(2)3/h13,15,17,25-27H,10-12,14,16,18-21,32H2,1-9H3,(H,33,36)/b23-15+,24-17+/t25-,26+,27-/m0/s1. The van der Waals surface area contributed by atoms with Crippen LogP contribution in [0.1, 0.15) is 101 Å². The number of amides is 1. The number of thioether (sulfide) groups is 1. The fourth-order valence-electron chi connectivity index (χ4n) is 3.76. The number of hydrogen-bond acceptors (Lipinski definition) is 6. The van der Waals surface area contributed by atoms with Gasteiger partial charge in [0.1, 0.15) is 5.60 Å². The molecule has 3 atom stereocenters. The van der Waals surface area contributed by atoms with Gasteiger partial charge in [0.25, 0.3) is 0 Å². The van der Waals surface area contributed by atoms with E-state index in [0.29, 0.717) is 5.75 Å². The van der Waals surface area contributed by atoms with Crippen LogP contribution in [0.15, 0.2) is 34.9 Å². The van der Waals surface area contributed by atoms with Crippen molar-refractivity contribution in [2.45, 2.75) is 112 Å². The Kier molecular flexibility index (Phi) is 18.3. The van der Waals surface area contributed by atoms with Gasteiger partial charge in [-0.2, -0.15) is 11.8 Å². The minimum Gasteiger partial charge on any atom is -0.460 e. The number of carbonyl (C=O) groups excluding carboxylic acids is 3. The molecule has 0 aliphatic rings. The highest BCUT2D eigenvalue weighted by atomic mass is 32.2. The first-order valence-electron chi connectivity index (χ1n) is 14.0. The number of hydrogen-bond donors (Lipinski definition) is 2. The fourth-order valence-corrected chi connectivity index (χ4v) is 4.81. The van der Waals surface area contributed by atoms with E-state index in [-0.39, 0.29) is 30.6 Å². The van der Waals surface area contributed by atoms with Gasteiger partial charge in [0.15, 0.2) is 5.78 Å². The third kappa shape index (κ3) is 17.6. The molecule has 0 aliphatic heterocycles. The molecule has 0 spiro atoms. The van der Waals surface area contributed by atoms with Crippen molar-refractivity contribution < 1.29 is 19.1 Å². The van der Waals surface area contributed by atoms with Crippen molar-refractivity contribution in [3.63, 3.8) is 0 Å². The second-order valence-electron chi connectivity index (χ2n) is 11.5. The van der Waals surface area contributed by atoms with Crippen LogP contribution in [0.4, 0.5) is 0 Å². The molecule has 3 N–H and O–H groups in total. The van der Waals surface area contributed by atoms with E-state index in [4.69, 9.17) is 10.5 Å². The Morgan fingerprint density at radius 1 is 0.974 bits per heavy atom. The van der Waals surface area contributed by atoms with Crippen molar-refractivity contribution in [2.24, 2.45) is 17.6 Å². The van der Waals surface area contributed by atoms with E-state index in [0.717, 1.165) is 37.9 Å². The average Bonchev–Trinajstić information content (AvgIpc) is 2.81. The Morgan fingerprint density at radius 2 is 1.55 bits per heavy atom. The number of esters is 1. The second kappa shape index (κ2) is 19.2. The van der Waals surface area contributed by atoms with E-state index in [9.17, 15) is 14.4 Å². The summed E-state index contributed by atoms with van der Waals surface area (Å²) >= 11 is 1.60. The lowest BCUT2D eigenvalue weighted by Crippen LogP contribution is -2.48. The molecule has 0 radical (unpaired) electrons. The molecule has 38 heavy (non-hydrogen) atoms. The zero-order valence-corrected chi connectivity index (χ0v) is 26.3. The number of Topliss-reactive ketones (excluding diaryl/α,β-unsaturated/α-hetero) is 1. The number of allylic oxidation sites excluding steroid dienone is 5. The maximum atomic E-state index is 13.1. The summed E-state index contributed by atoms with van der Waals surface area (Å²) in [6.07, 6.45) is 11.7. The highest BCUT2D eigenvalue weighted by Crippen LogP contribution is 2.22. The van der Waals surface area contributed by atoms with E-state index in [2.05, 4.69) is 51.2 Å². The van der Waals surface area contributed by atoms with Crippen molar-refractivity contribution >= 4 is 29.4 Å². The number of ether oxygens (including phenoxy) is 1. The number of ketones is 1. The summed E-state index contributed by atoms with van der Waals surface area (Å²) in [6.45, 7) is 17.8. The van der Waals surface area contributed by atoms with E-state index in [1.54, 1.807) is 32.5 Å². The molecule has 0 aliphatic carbocycles. The van der Waals surface area contributed by atoms with Crippen LogP contribution in [0.25, 0.3) is 0 Å². The van der Waals surface area contributed by atoms with Gasteiger partial charge in [0, 0.05) is 11.5 Å². The summed E-state index contributed by atoms with van der Waals surface area (Å²) in [5.74, 6) is -0.308. The van der Waals surface area contributed by atoms with Crippen molar-refractivity contribution in [3.05, 3.63) is 34.9 Å². The summed E-state index contributed by atoms with van der Waals surface area (Å²) in [7, 11) is 0. The molecule has 6 nitrogen and oxygen atoms in total. The minimum absolute atomic E-state index is 0.0143. The van der Waals surface area contributed by atoms with Gasteiger partial charge in [0.2, 0.25) is 5.91 Å². The fraction of sp³-hybridized carbons (Fsp3) is 0.710. The zero-order valence-electron chi connectivity index (χ0n) is 25.4. The summed E-state index contributed by atoms with van der Waals surface area (Å²) in [5.41, 5.74) is 9.11. The Morgan fingerprint density at radius 3 is 2.08 bits per heavy atom. The Labute approximate surface area is 236 Å². The SMILES string of the molecule is CC[C@H](C)[C@@H](CC(=O)OC(C)(C)C)C(=O)N[C@@H](CSC/C=C(\C)CC/C=C(\C)CCC=C(C)C)C(=O)CN. The first-order chi connectivity index (χ1) is 17.7. The molecular weight excluding hydrogens is 496 g/mol. The largest absolute Gasteiger partial charge is 0.460 e. The molecule has 1 amide bonds. The molecule has 0 unspecified atom stereocenters. The first kappa shape index (κ1) is 36.1. The predicted octanol–water partition coefficient (Wildman–Crippen LogP) is 6.55. The van der Waals surface area contributed by atoms with Crippen LogP contribution in [0.5, 0.6) is 0 Å². The summed E-state index contributed by atoms with van der Waals surface area (Å²) in [4.78, 5) is 38.1. The average molecular weight is 551 g/mol. The predicted molar refractivity (Wildman–Crippen MR) is 162 cm³/mol. The molecule has 218 valence electrons. The molecular formula is C31H54N2O4S. The molecule has 0 saturated carbocycles. The molecule has 7 heteroatoms. The molecule has 0 saturated heterocycles. The van der Waals surface area contributed by atoms with Crippen LogP contribution >= 0.6 is 11.8 Å². The van der Waals surface area contributed by atoms with Crippen LogP contribution < -0.4 is 11.1 Å². The molecule has 0 aromatic carbocycles. The van der Waals surface area contributed by atoms with Gasteiger partial charge < -0.3 is 15.8 Å². The summed E-state index contributed by atoms with van der Waals surface area (Å²) in [6, 6.07) is -0.678. The van der Waals surface area contributed by atoms with Crippen LogP contribution in [-0.2, 0) is 19.1 Å². The van der Waals surface area contributed by atoms with Gasteiger partial charge in [-0.15, -0.1) is 0 Å². The maximum absolute atomic E-state index is 13.1. The lowest BCUT2D eigenvalue weighted by atomic mass is 9.88. The van der Waals surface area contributed by atoms with Crippen LogP contribution in [0.3, 0.4) is 0 Å². The van der Waals surface area contributed by atoms with Crippen molar-refractivity contribution in [2.75, 3.05) is 18.1 Å². The van der Waals surface area contributed by atoms with Crippen LogP contribution in [0, 0.1) is 11.8 Å². The van der Waals surface area contributed by atoms with Crippen molar-refractivity contribution in [1.29, 1.82) is 0 Å². The molecule has 0 bridgehead atoms. The highest BCUT2D eigenvalue weighted by Gasteiger charge is 2.31. The molecule has 0 aromatic heterocycles. The lowest BCUT2D eigenvalue weighted by molar-refractivity contribution is -0.158. The Balaban J connectivity index is 4.92. The number of rotatable bonds is 18. The Bertz CT molecular complexity index is 835. The van der Waals surface area contributed by atoms with Gasteiger partial charge in [-0.1, -0.05) is 55.2 Å². The van der Waals surface area contributed by atoms with Gasteiger partial charge in [-0.05, 0) is 80.1 Å². The van der Waals surface area contributed by atoms with Crippen molar-refractivity contribution in [3.8, 4) is 0 Å². The monoisotopic (exact) mass is 550 g/mol.